The molecule has 6 heteroatoms. The molecule has 0 aromatic heterocycles. The van der Waals surface area contributed by atoms with Crippen LogP contribution in [0.1, 0.15) is 54.4 Å². The number of esters is 1. The third-order valence-electron chi connectivity index (χ3n) is 3.82. The maximum atomic E-state index is 11.7. The smallest absolute Gasteiger partial charge is 0.337 e. The maximum Gasteiger partial charge on any atom is 0.337 e. The van der Waals surface area contributed by atoms with Gasteiger partial charge in [0.15, 0.2) is 6.10 Å². The van der Waals surface area contributed by atoms with Crippen LogP contribution in [0.2, 0.25) is 0 Å². The third-order valence-corrected chi connectivity index (χ3v) is 3.82. The number of carbonyl (C=O) groups excluding carboxylic acids is 1. The van der Waals surface area contributed by atoms with Crippen LogP contribution < -0.4 is 0 Å². The lowest BCUT2D eigenvalue weighted by atomic mass is 9.75. The first-order chi connectivity index (χ1) is 9.51. The zero-order valence-electron chi connectivity index (χ0n) is 13.8. The third kappa shape index (κ3) is 4.17. The molecule has 1 fully saturated rings. The number of carboxylic acid groups (broad SMARTS) is 1. The van der Waals surface area contributed by atoms with E-state index in [1.165, 1.54) is 0 Å². The quantitative estimate of drug-likeness (QED) is 0.785. The molecular weight excluding hydrogens is 274 g/mol. The molecule has 0 aromatic rings. The lowest BCUT2D eigenvalue weighted by Crippen LogP contribution is -2.62. The standard InChI is InChI=1S/C15H27NO5/c1-7-20-13(19)10(2)21-16-14(3,4)8-11(12(17)18)9-15(16,5)6/h10-11H,7-9H2,1-6H3,(H,17,18). The molecule has 6 nitrogen and oxygen atoms in total. The van der Waals surface area contributed by atoms with E-state index in [9.17, 15) is 14.7 Å². The van der Waals surface area contributed by atoms with Crippen LogP contribution in [0.25, 0.3) is 0 Å². The molecule has 0 radical (unpaired) electrons. The zero-order valence-corrected chi connectivity index (χ0v) is 13.8. The molecule has 0 aromatic carbocycles. The molecular formula is C15H27NO5. The van der Waals surface area contributed by atoms with Crippen molar-refractivity contribution in [3.8, 4) is 0 Å². The highest BCUT2D eigenvalue weighted by molar-refractivity contribution is 5.74. The highest BCUT2D eigenvalue weighted by atomic mass is 16.7. The van der Waals surface area contributed by atoms with Gasteiger partial charge < -0.3 is 9.84 Å². The number of piperidine rings is 1. The normalized spacial score (nSPS) is 23.5. The van der Waals surface area contributed by atoms with Gasteiger partial charge >= 0.3 is 11.9 Å². The van der Waals surface area contributed by atoms with E-state index in [-0.39, 0.29) is 0 Å². The highest BCUT2D eigenvalue weighted by Crippen LogP contribution is 2.42. The minimum absolute atomic E-state index is 0.306. The van der Waals surface area contributed by atoms with Crippen molar-refractivity contribution in [1.29, 1.82) is 0 Å². The fourth-order valence-corrected chi connectivity index (χ4v) is 3.18. The summed E-state index contributed by atoms with van der Waals surface area (Å²) < 4.78 is 4.96. The van der Waals surface area contributed by atoms with Crippen LogP contribution in [0.5, 0.6) is 0 Å². The Morgan fingerprint density at radius 3 is 2.10 bits per heavy atom. The number of hydrogen-bond acceptors (Lipinski definition) is 5. The first-order valence-corrected chi connectivity index (χ1v) is 7.38. The molecule has 0 saturated carbocycles. The number of nitrogens with zero attached hydrogens (tertiary/aromatic N) is 1. The van der Waals surface area contributed by atoms with Crippen LogP contribution in [0.15, 0.2) is 0 Å². The number of carboxylic acids is 1. The Morgan fingerprint density at radius 1 is 1.24 bits per heavy atom. The minimum atomic E-state index is -0.783. The molecule has 21 heavy (non-hydrogen) atoms. The molecule has 1 atom stereocenters. The summed E-state index contributed by atoms with van der Waals surface area (Å²) in [5.74, 6) is -1.61. The SMILES string of the molecule is CCOC(=O)C(C)ON1C(C)(C)CC(C(=O)O)CC1(C)C. The summed E-state index contributed by atoms with van der Waals surface area (Å²) in [5, 5.41) is 11.1. The Labute approximate surface area is 126 Å². The van der Waals surface area contributed by atoms with E-state index < -0.39 is 35.0 Å². The molecule has 1 aliphatic heterocycles. The van der Waals surface area contributed by atoms with Gasteiger partial charge in [-0.3, -0.25) is 9.63 Å². The fourth-order valence-electron chi connectivity index (χ4n) is 3.18. The molecule has 1 rings (SSSR count). The predicted molar refractivity (Wildman–Crippen MR) is 77.5 cm³/mol. The second kappa shape index (κ2) is 6.32. The van der Waals surface area contributed by atoms with Gasteiger partial charge in [0.2, 0.25) is 0 Å². The molecule has 0 spiro atoms. The Hall–Kier alpha value is -1.14. The van der Waals surface area contributed by atoms with Crippen molar-refractivity contribution >= 4 is 11.9 Å². The van der Waals surface area contributed by atoms with Crippen LogP contribution >= 0.6 is 0 Å². The van der Waals surface area contributed by atoms with Crippen LogP contribution in [-0.2, 0) is 19.2 Å². The minimum Gasteiger partial charge on any atom is -0.481 e. The van der Waals surface area contributed by atoms with Crippen molar-refractivity contribution in [2.45, 2.75) is 71.6 Å². The van der Waals surface area contributed by atoms with E-state index in [4.69, 9.17) is 9.57 Å². The van der Waals surface area contributed by atoms with E-state index in [0.717, 1.165) is 0 Å². The van der Waals surface area contributed by atoms with Gasteiger partial charge in [-0.2, -0.15) is 5.06 Å². The molecule has 122 valence electrons. The van der Waals surface area contributed by atoms with Gasteiger partial charge in [-0.1, -0.05) is 0 Å². The van der Waals surface area contributed by atoms with E-state index >= 15 is 0 Å². The van der Waals surface area contributed by atoms with Crippen molar-refractivity contribution in [2.24, 2.45) is 5.92 Å². The molecule has 1 heterocycles. The Bertz CT molecular complexity index is 387. The molecule has 0 aliphatic carbocycles. The summed E-state index contributed by atoms with van der Waals surface area (Å²) in [4.78, 5) is 28.9. The zero-order chi connectivity index (χ0) is 16.4. The Kier molecular flexibility index (Phi) is 5.39. The highest BCUT2D eigenvalue weighted by Gasteiger charge is 2.49. The number of ether oxygens (including phenoxy) is 1. The molecule has 1 saturated heterocycles. The Morgan fingerprint density at radius 2 is 1.71 bits per heavy atom. The lowest BCUT2D eigenvalue weighted by Gasteiger charge is -2.53. The van der Waals surface area contributed by atoms with Crippen molar-refractivity contribution in [2.75, 3.05) is 6.61 Å². The summed E-state index contributed by atoms with van der Waals surface area (Å²) in [5.41, 5.74) is -0.961. The van der Waals surface area contributed by atoms with Gasteiger partial charge in [-0.25, -0.2) is 4.79 Å². The predicted octanol–water partition coefficient (Wildman–Crippen LogP) is 2.22. The van der Waals surface area contributed by atoms with E-state index in [0.29, 0.717) is 19.4 Å². The molecule has 0 amide bonds. The molecule has 1 unspecified atom stereocenters. The number of hydroxylamine groups is 2. The van der Waals surface area contributed by atoms with Gasteiger partial charge in [0.1, 0.15) is 0 Å². The first kappa shape index (κ1) is 17.9. The van der Waals surface area contributed by atoms with Crippen molar-refractivity contribution in [3.63, 3.8) is 0 Å². The van der Waals surface area contributed by atoms with Gasteiger partial charge in [-0.15, -0.1) is 0 Å². The van der Waals surface area contributed by atoms with Crippen LogP contribution in [-0.4, -0.2) is 45.9 Å². The van der Waals surface area contributed by atoms with Gasteiger partial charge in [0.25, 0.3) is 0 Å². The van der Waals surface area contributed by atoms with Gasteiger partial charge in [-0.05, 0) is 54.4 Å². The Balaban J connectivity index is 2.90. The van der Waals surface area contributed by atoms with Crippen LogP contribution in [0.4, 0.5) is 0 Å². The lowest BCUT2D eigenvalue weighted by molar-refractivity contribution is -0.305. The molecule has 1 N–H and O–H groups in total. The average molecular weight is 301 g/mol. The maximum absolute atomic E-state index is 11.7. The topological polar surface area (TPSA) is 76.1 Å². The molecule has 0 bridgehead atoms. The van der Waals surface area contributed by atoms with E-state index in [2.05, 4.69) is 0 Å². The second-order valence-corrected chi connectivity index (χ2v) is 6.86. The van der Waals surface area contributed by atoms with Crippen LogP contribution in [0, 0.1) is 5.92 Å². The van der Waals surface area contributed by atoms with Crippen molar-refractivity contribution in [3.05, 3.63) is 0 Å². The summed E-state index contributed by atoms with van der Waals surface area (Å²) in [7, 11) is 0. The summed E-state index contributed by atoms with van der Waals surface area (Å²) in [6.45, 7) is 11.4. The monoisotopic (exact) mass is 301 g/mol. The number of aliphatic carboxylic acids is 1. The summed E-state index contributed by atoms with van der Waals surface area (Å²) >= 11 is 0. The van der Waals surface area contributed by atoms with Crippen molar-refractivity contribution in [1.82, 2.24) is 5.06 Å². The summed E-state index contributed by atoms with van der Waals surface area (Å²) in [6, 6.07) is 0. The van der Waals surface area contributed by atoms with E-state index in [1.54, 1.807) is 18.9 Å². The van der Waals surface area contributed by atoms with Crippen LogP contribution in [0.3, 0.4) is 0 Å². The van der Waals surface area contributed by atoms with Crippen molar-refractivity contribution < 1.29 is 24.3 Å². The number of hydrogen-bond donors (Lipinski definition) is 1. The van der Waals surface area contributed by atoms with Gasteiger partial charge in [0.05, 0.1) is 12.5 Å². The first-order valence-electron chi connectivity index (χ1n) is 7.38. The fraction of sp³-hybridized carbons (Fsp3) is 0.867. The average Bonchev–Trinajstić information content (AvgIpc) is 2.32. The number of rotatable bonds is 5. The summed E-state index contributed by atoms with van der Waals surface area (Å²) in [6.07, 6.45) is 0.229. The number of carbonyl (C=O) groups is 2. The molecule has 1 aliphatic rings. The second-order valence-electron chi connectivity index (χ2n) is 6.86. The largest absolute Gasteiger partial charge is 0.481 e. The van der Waals surface area contributed by atoms with Gasteiger partial charge in [0, 0.05) is 11.1 Å². The van der Waals surface area contributed by atoms with E-state index in [1.807, 2.05) is 27.7 Å².